The second-order valence-electron chi connectivity index (χ2n) is 0. The summed E-state index contributed by atoms with van der Waals surface area (Å²) >= 11 is 0. The SMILES string of the molecule is [AlH3].[Cu].[Fe].[Ni]. The average molecular weight is 208 g/mol. The van der Waals surface area contributed by atoms with Crippen LogP contribution in [-0.4, -0.2) is 17.4 Å². The van der Waals surface area contributed by atoms with Crippen LogP contribution in [0.15, 0.2) is 0 Å². The Labute approximate surface area is 67.5 Å². The van der Waals surface area contributed by atoms with Gasteiger partial charge in [0.1, 0.15) is 0 Å². The summed E-state index contributed by atoms with van der Waals surface area (Å²) in [5.74, 6) is 0. The molecule has 0 aromatic heterocycles. The van der Waals surface area contributed by atoms with Crippen LogP contribution in [0.4, 0.5) is 0 Å². The van der Waals surface area contributed by atoms with Gasteiger partial charge in [0.05, 0.1) is 0 Å². The minimum atomic E-state index is 0. The molecule has 0 aliphatic heterocycles. The van der Waals surface area contributed by atoms with Crippen LogP contribution in [0.25, 0.3) is 0 Å². The first-order valence-electron chi connectivity index (χ1n) is 0. The van der Waals surface area contributed by atoms with Gasteiger partial charge in [-0.25, -0.2) is 0 Å². The standard InChI is InChI=1S/Al.Cu.Fe.Ni.3H. The zero-order valence-corrected chi connectivity index (χ0v) is 4.00. The van der Waals surface area contributed by atoms with E-state index in [0.717, 1.165) is 0 Å². The van der Waals surface area contributed by atoms with E-state index in [2.05, 4.69) is 0 Å². The molecule has 0 atom stereocenters. The first-order valence-corrected chi connectivity index (χ1v) is 0. The summed E-state index contributed by atoms with van der Waals surface area (Å²) in [5.41, 5.74) is 0. The molecule has 1 radical (unpaired) electrons. The molecule has 0 saturated carbocycles. The van der Waals surface area contributed by atoms with Crippen LogP contribution in [0.3, 0.4) is 0 Å². The number of hydrogen-bond acceptors (Lipinski definition) is 0. The van der Waals surface area contributed by atoms with Crippen molar-refractivity contribution in [1.82, 2.24) is 0 Å². The Balaban J connectivity index is 0. The summed E-state index contributed by atoms with van der Waals surface area (Å²) in [4.78, 5) is 0. The normalized spacial score (nSPS) is 0. The maximum absolute atomic E-state index is 0. The van der Waals surface area contributed by atoms with Crippen molar-refractivity contribution in [3.63, 3.8) is 0 Å². The van der Waals surface area contributed by atoms with Crippen LogP contribution in [0.1, 0.15) is 0 Å². The molecular weight excluding hydrogens is 205 g/mol. The summed E-state index contributed by atoms with van der Waals surface area (Å²) in [6.07, 6.45) is 0. The largest absolute Gasteiger partial charge is 0.187 e. The van der Waals surface area contributed by atoms with Gasteiger partial charge in [-0.3, -0.25) is 0 Å². The second-order valence-corrected chi connectivity index (χ2v) is 0. The zero-order valence-electron chi connectivity index (χ0n) is 0.971. The van der Waals surface area contributed by atoms with E-state index in [9.17, 15) is 0 Å². The maximum atomic E-state index is 0. The molecule has 0 bridgehead atoms. The van der Waals surface area contributed by atoms with E-state index in [1.54, 1.807) is 0 Å². The Morgan fingerprint density at radius 1 is 1.00 bits per heavy atom. The van der Waals surface area contributed by atoms with Crippen LogP contribution in [0, 0.1) is 0 Å². The van der Waals surface area contributed by atoms with Crippen molar-refractivity contribution >= 4 is 17.4 Å². The van der Waals surface area contributed by atoms with Gasteiger partial charge in [0.2, 0.25) is 0 Å². The van der Waals surface area contributed by atoms with Gasteiger partial charge in [-0.1, -0.05) is 0 Å². The third kappa shape index (κ3) is 8.96. The molecule has 0 saturated heterocycles. The van der Waals surface area contributed by atoms with E-state index >= 15 is 0 Å². The molecule has 0 aromatic carbocycles. The fraction of sp³-hybridized carbons (Fsp3) is 0. The van der Waals surface area contributed by atoms with E-state index in [1.165, 1.54) is 0 Å². The minimum Gasteiger partial charge on any atom is 0 e. The zero-order chi connectivity index (χ0) is 0. The predicted molar refractivity (Wildman–Crippen MR) is 9.94 cm³/mol. The molecule has 0 aliphatic rings. The first kappa shape index (κ1) is 36.5. The molecule has 0 nitrogen and oxygen atoms in total. The van der Waals surface area contributed by atoms with Gasteiger partial charge in [0.25, 0.3) is 0 Å². The molecule has 0 rings (SSSR count). The van der Waals surface area contributed by atoms with Crippen molar-refractivity contribution < 1.29 is 50.6 Å². The van der Waals surface area contributed by atoms with E-state index < -0.39 is 0 Å². The van der Waals surface area contributed by atoms with Crippen molar-refractivity contribution in [2.75, 3.05) is 0 Å². The van der Waals surface area contributed by atoms with Crippen molar-refractivity contribution in [3.05, 3.63) is 0 Å². The van der Waals surface area contributed by atoms with Crippen molar-refractivity contribution in [3.8, 4) is 0 Å². The van der Waals surface area contributed by atoms with E-state index in [4.69, 9.17) is 0 Å². The van der Waals surface area contributed by atoms with Gasteiger partial charge in [-0.15, -0.1) is 0 Å². The third-order valence-corrected chi connectivity index (χ3v) is 0. The summed E-state index contributed by atoms with van der Waals surface area (Å²) in [6, 6.07) is 0. The molecule has 0 aliphatic carbocycles. The Morgan fingerprint density at radius 2 is 1.00 bits per heavy atom. The van der Waals surface area contributed by atoms with Gasteiger partial charge < -0.3 is 0 Å². The Bertz CT molecular complexity index is 8.00. The first-order chi connectivity index (χ1) is 0. The molecule has 0 amide bonds. The molecule has 4 heteroatoms. The van der Waals surface area contributed by atoms with Gasteiger partial charge >= 0.3 is 0 Å². The molecule has 0 spiro atoms. The van der Waals surface area contributed by atoms with Crippen molar-refractivity contribution in [2.45, 2.75) is 0 Å². The fourth-order valence-electron chi connectivity index (χ4n) is 0. The Kier molecular flexibility index (Phi) is 179. The van der Waals surface area contributed by atoms with E-state index in [1.807, 2.05) is 0 Å². The van der Waals surface area contributed by atoms with Gasteiger partial charge in [-0.2, -0.15) is 0 Å². The van der Waals surface area contributed by atoms with E-state index in [-0.39, 0.29) is 68.0 Å². The Morgan fingerprint density at radius 3 is 1.00 bits per heavy atom. The van der Waals surface area contributed by atoms with Crippen LogP contribution >= 0.6 is 0 Å². The fourth-order valence-corrected chi connectivity index (χ4v) is 0. The smallest absolute Gasteiger partial charge is 0 e. The van der Waals surface area contributed by atoms with Gasteiger partial charge in [0, 0.05) is 50.6 Å². The average Bonchev–Trinajstić information content (AvgIpc) is 0. The maximum Gasteiger partial charge on any atom is 0.187 e. The van der Waals surface area contributed by atoms with Crippen molar-refractivity contribution in [1.29, 1.82) is 0 Å². The summed E-state index contributed by atoms with van der Waals surface area (Å²) in [6.45, 7) is 0. The minimum absolute atomic E-state index is 0. The number of rotatable bonds is 0. The van der Waals surface area contributed by atoms with Crippen molar-refractivity contribution in [2.24, 2.45) is 0 Å². The predicted octanol–water partition coefficient (Wildman–Crippen LogP) is -1.19. The molecular formula is H3AlCuFeNi. The van der Waals surface area contributed by atoms with Crippen LogP contribution in [0.2, 0.25) is 0 Å². The van der Waals surface area contributed by atoms with Crippen LogP contribution in [0.5, 0.6) is 0 Å². The summed E-state index contributed by atoms with van der Waals surface area (Å²) < 4.78 is 0. The molecule has 0 unspecified atom stereocenters. The topological polar surface area (TPSA) is 0 Å². The number of hydrogen-bond donors (Lipinski definition) is 0. The molecule has 0 heterocycles. The van der Waals surface area contributed by atoms with Gasteiger partial charge in [0.15, 0.2) is 17.4 Å². The monoisotopic (exact) mass is 207 g/mol. The van der Waals surface area contributed by atoms with Gasteiger partial charge in [-0.05, 0) is 0 Å². The summed E-state index contributed by atoms with van der Waals surface area (Å²) in [7, 11) is 0. The third-order valence-electron chi connectivity index (χ3n) is 0. The summed E-state index contributed by atoms with van der Waals surface area (Å²) in [5, 5.41) is 0. The second kappa shape index (κ2) is 19.6. The molecule has 4 heavy (non-hydrogen) atoms. The van der Waals surface area contributed by atoms with Crippen LogP contribution in [-0.2, 0) is 50.6 Å². The Hall–Kier alpha value is 2.06. The quantitative estimate of drug-likeness (QED) is 0.439. The molecule has 0 aromatic rings. The molecule has 0 fully saturated rings. The molecule has 0 N–H and O–H groups in total. The van der Waals surface area contributed by atoms with E-state index in [0.29, 0.717) is 0 Å². The van der Waals surface area contributed by atoms with Crippen LogP contribution < -0.4 is 0 Å². The molecule has 35 valence electrons.